The van der Waals surface area contributed by atoms with Crippen molar-refractivity contribution >= 4 is 0 Å². The van der Waals surface area contributed by atoms with E-state index in [1.54, 1.807) is 6.92 Å². The van der Waals surface area contributed by atoms with Gasteiger partial charge in [-0.05, 0) is 13.3 Å². The second-order valence-corrected chi connectivity index (χ2v) is 2.52. The van der Waals surface area contributed by atoms with Crippen LogP contribution in [0.3, 0.4) is 0 Å². The minimum absolute atomic E-state index is 0.373. The molecule has 0 atom stereocenters. The molecule has 0 aromatic carbocycles. The van der Waals surface area contributed by atoms with Crippen molar-refractivity contribution in [2.75, 3.05) is 0 Å². The predicted molar refractivity (Wildman–Crippen MR) is 43.0 cm³/mol. The first kappa shape index (κ1) is 8.66. The number of aromatic nitrogens is 1. The maximum Gasteiger partial charge on any atom is 0.145 e. The van der Waals surface area contributed by atoms with Crippen molar-refractivity contribution in [3.8, 4) is 6.07 Å². The molecule has 3 heteroatoms. The molecule has 1 aromatic heterocycles. The molecule has 1 heterocycles. The van der Waals surface area contributed by atoms with Gasteiger partial charge in [0.05, 0.1) is 17.5 Å². The molecule has 12 heavy (non-hydrogen) atoms. The number of rotatable bonds is 1. The third-order valence-corrected chi connectivity index (χ3v) is 1.80. The van der Waals surface area contributed by atoms with E-state index in [1.165, 1.54) is 0 Å². The summed E-state index contributed by atoms with van der Waals surface area (Å²) in [6.07, 6.45) is 1.82. The fourth-order valence-electron chi connectivity index (χ4n) is 1.05. The van der Waals surface area contributed by atoms with E-state index in [4.69, 9.17) is 5.26 Å². The van der Waals surface area contributed by atoms with Crippen LogP contribution < -0.4 is 0 Å². The minimum Gasteiger partial charge on any atom is -0.257 e. The molecular formula is C9H9FN2. The Hall–Kier alpha value is -1.43. The highest BCUT2D eigenvalue weighted by Gasteiger charge is 2.08. The molecule has 0 N–H and O–H groups in total. The van der Waals surface area contributed by atoms with Gasteiger partial charge in [0.2, 0.25) is 0 Å². The Morgan fingerprint density at radius 2 is 2.33 bits per heavy atom. The lowest BCUT2D eigenvalue weighted by molar-refractivity contribution is 0.608. The number of hydrogen-bond acceptors (Lipinski definition) is 2. The number of nitriles is 1. The van der Waals surface area contributed by atoms with Crippen LogP contribution in [0.25, 0.3) is 0 Å². The van der Waals surface area contributed by atoms with Crippen LogP contribution in [-0.2, 0) is 6.42 Å². The second-order valence-electron chi connectivity index (χ2n) is 2.52. The Kier molecular flexibility index (Phi) is 2.39. The summed E-state index contributed by atoms with van der Waals surface area (Å²) in [4.78, 5) is 3.83. The smallest absolute Gasteiger partial charge is 0.145 e. The molecule has 0 aliphatic heterocycles. The Bertz CT molecular complexity index is 339. The Balaban J connectivity index is 3.38. The molecule has 0 bridgehead atoms. The van der Waals surface area contributed by atoms with Crippen molar-refractivity contribution in [1.29, 1.82) is 5.26 Å². The van der Waals surface area contributed by atoms with Crippen LogP contribution >= 0.6 is 0 Å². The van der Waals surface area contributed by atoms with Gasteiger partial charge in [0, 0.05) is 5.56 Å². The molecule has 1 rings (SSSR count). The molecule has 62 valence electrons. The average molecular weight is 164 g/mol. The van der Waals surface area contributed by atoms with Gasteiger partial charge in [-0.2, -0.15) is 5.26 Å². The normalized spacial score (nSPS) is 9.50. The van der Waals surface area contributed by atoms with E-state index in [0.717, 1.165) is 6.20 Å². The summed E-state index contributed by atoms with van der Waals surface area (Å²) >= 11 is 0. The zero-order valence-corrected chi connectivity index (χ0v) is 7.06. The van der Waals surface area contributed by atoms with Gasteiger partial charge in [0.15, 0.2) is 0 Å². The molecule has 0 unspecified atom stereocenters. The molecule has 1 aromatic rings. The SMILES string of the molecule is CCc1ncc(F)c(C)c1C#N. The highest BCUT2D eigenvalue weighted by Crippen LogP contribution is 2.14. The van der Waals surface area contributed by atoms with Crippen LogP contribution in [0, 0.1) is 24.1 Å². The first-order valence-corrected chi connectivity index (χ1v) is 3.74. The summed E-state index contributed by atoms with van der Waals surface area (Å²) in [6.45, 7) is 3.48. The molecule has 0 fully saturated rings. The minimum atomic E-state index is -0.413. The topological polar surface area (TPSA) is 36.7 Å². The third-order valence-electron chi connectivity index (χ3n) is 1.80. The quantitative estimate of drug-likeness (QED) is 0.636. The van der Waals surface area contributed by atoms with Gasteiger partial charge in [-0.1, -0.05) is 6.92 Å². The fraction of sp³-hybridized carbons (Fsp3) is 0.333. The summed E-state index contributed by atoms with van der Waals surface area (Å²) in [5, 5.41) is 8.70. The third kappa shape index (κ3) is 1.28. The lowest BCUT2D eigenvalue weighted by atomic mass is 10.1. The molecule has 0 aliphatic carbocycles. The molecular weight excluding hydrogens is 155 g/mol. The average Bonchev–Trinajstić information content (AvgIpc) is 2.09. The van der Waals surface area contributed by atoms with Crippen LogP contribution in [0.1, 0.15) is 23.7 Å². The van der Waals surface area contributed by atoms with Gasteiger partial charge in [0.1, 0.15) is 11.9 Å². The lowest BCUT2D eigenvalue weighted by Gasteiger charge is -2.02. The van der Waals surface area contributed by atoms with Gasteiger partial charge in [-0.25, -0.2) is 4.39 Å². The predicted octanol–water partition coefficient (Wildman–Crippen LogP) is 1.96. The number of pyridine rings is 1. The maximum atomic E-state index is 12.9. The van der Waals surface area contributed by atoms with E-state index in [-0.39, 0.29) is 0 Å². The van der Waals surface area contributed by atoms with Gasteiger partial charge in [-0.15, -0.1) is 0 Å². The van der Waals surface area contributed by atoms with Crippen molar-refractivity contribution in [2.45, 2.75) is 20.3 Å². The summed E-state index contributed by atoms with van der Waals surface area (Å²) < 4.78 is 12.9. The van der Waals surface area contributed by atoms with E-state index < -0.39 is 5.82 Å². The van der Waals surface area contributed by atoms with Crippen LogP contribution in [-0.4, -0.2) is 4.98 Å². The van der Waals surface area contributed by atoms with Crippen molar-refractivity contribution in [2.24, 2.45) is 0 Å². The zero-order valence-electron chi connectivity index (χ0n) is 7.06. The van der Waals surface area contributed by atoms with Crippen LogP contribution in [0.4, 0.5) is 4.39 Å². The number of halogens is 1. The van der Waals surface area contributed by atoms with Gasteiger partial charge in [-0.3, -0.25) is 4.98 Å². The summed E-state index contributed by atoms with van der Waals surface area (Å²) in [5.41, 5.74) is 1.43. The van der Waals surface area contributed by atoms with Gasteiger partial charge < -0.3 is 0 Å². The highest BCUT2D eigenvalue weighted by molar-refractivity contribution is 5.40. The highest BCUT2D eigenvalue weighted by atomic mass is 19.1. The summed E-state index contributed by atoms with van der Waals surface area (Å²) in [7, 11) is 0. The van der Waals surface area contributed by atoms with Crippen molar-refractivity contribution in [1.82, 2.24) is 4.98 Å². The van der Waals surface area contributed by atoms with Crippen molar-refractivity contribution < 1.29 is 4.39 Å². The van der Waals surface area contributed by atoms with Gasteiger partial charge in [0.25, 0.3) is 0 Å². The van der Waals surface area contributed by atoms with E-state index in [2.05, 4.69) is 4.98 Å². The van der Waals surface area contributed by atoms with E-state index in [1.807, 2.05) is 13.0 Å². The second kappa shape index (κ2) is 3.31. The first-order valence-electron chi connectivity index (χ1n) is 3.74. The molecule has 0 saturated heterocycles. The number of aryl methyl sites for hydroxylation is 1. The van der Waals surface area contributed by atoms with E-state index in [9.17, 15) is 4.39 Å². The molecule has 0 spiro atoms. The van der Waals surface area contributed by atoms with Crippen LogP contribution in [0.5, 0.6) is 0 Å². The maximum absolute atomic E-state index is 12.9. The zero-order chi connectivity index (χ0) is 9.14. The number of nitrogens with zero attached hydrogens (tertiary/aromatic N) is 2. The Morgan fingerprint density at radius 3 is 2.83 bits per heavy atom. The van der Waals surface area contributed by atoms with Crippen molar-refractivity contribution in [3.05, 3.63) is 28.8 Å². The molecule has 0 saturated carbocycles. The monoisotopic (exact) mass is 164 g/mol. The Morgan fingerprint density at radius 1 is 1.67 bits per heavy atom. The van der Waals surface area contributed by atoms with Crippen LogP contribution in [0.15, 0.2) is 6.20 Å². The summed E-state index contributed by atoms with van der Waals surface area (Å²) in [6, 6.07) is 1.95. The molecule has 0 aliphatic rings. The van der Waals surface area contributed by atoms with Crippen molar-refractivity contribution in [3.63, 3.8) is 0 Å². The van der Waals surface area contributed by atoms with E-state index in [0.29, 0.717) is 23.2 Å². The fourth-order valence-corrected chi connectivity index (χ4v) is 1.05. The van der Waals surface area contributed by atoms with Gasteiger partial charge >= 0.3 is 0 Å². The number of hydrogen-bond donors (Lipinski definition) is 0. The molecule has 0 amide bonds. The Labute approximate surface area is 70.7 Å². The molecule has 0 radical (unpaired) electrons. The largest absolute Gasteiger partial charge is 0.257 e. The van der Waals surface area contributed by atoms with Crippen LogP contribution in [0.2, 0.25) is 0 Å². The lowest BCUT2D eigenvalue weighted by Crippen LogP contribution is -1.98. The summed E-state index contributed by atoms with van der Waals surface area (Å²) in [5.74, 6) is -0.413. The first-order chi connectivity index (χ1) is 5.70. The standard InChI is InChI=1S/C9H9FN2/c1-3-9-7(4-11)6(2)8(10)5-12-9/h5H,3H2,1-2H3. The molecule has 2 nitrogen and oxygen atoms in total. The van der Waals surface area contributed by atoms with E-state index >= 15 is 0 Å².